The Kier molecular flexibility index (Phi) is 3.40. The molecule has 1 N–H and O–H groups in total. The molecule has 0 spiro atoms. The maximum absolute atomic E-state index is 13.1. The van der Waals surface area contributed by atoms with Crippen LogP contribution in [-0.2, 0) is 11.3 Å². The van der Waals surface area contributed by atoms with Crippen molar-refractivity contribution < 1.29 is 14.2 Å². The summed E-state index contributed by atoms with van der Waals surface area (Å²) in [5.41, 5.74) is 2.02. The number of aliphatic hydroxyl groups is 1. The third kappa shape index (κ3) is 2.22. The van der Waals surface area contributed by atoms with E-state index >= 15 is 0 Å². The molecule has 1 fully saturated rings. The van der Waals surface area contributed by atoms with E-state index in [1.165, 1.54) is 23.5 Å². The number of hydrogen-bond acceptors (Lipinski definition) is 5. The zero-order valence-corrected chi connectivity index (χ0v) is 12.5. The molecule has 114 valence electrons. The Hall–Kier alpha value is -1.83. The van der Waals surface area contributed by atoms with E-state index < -0.39 is 0 Å². The molecule has 3 heterocycles. The lowest BCUT2D eigenvalue weighted by atomic mass is 10.1. The molecule has 0 saturated carbocycles. The van der Waals surface area contributed by atoms with Gasteiger partial charge >= 0.3 is 0 Å². The van der Waals surface area contributed by atoms with E-state index in [1.807, 2.05) is 0 Å². The number of aliphatic hydroxyl groups excluding tert-OH is 1. The summed E-state index contributed by atoms with van der Waals surface area (Å²) in [5, 5.41) is 15.1. The highest BCUT2D eigenvalue weighted by Gasteiger charge is 2.24. The van der Waals surface area contributed by atoms with Crippen molar-refractivity contribution in [1.29, 1.82) is 0 Å². The van der Waals surface area contributed by atoms with Crippen LogP contribution in [0.1, 0.15) is 29.6 Å². The van der Waals surface area contributed by atoms with Crippen LogP contribution in [0.4, 0.5) is 4.39 Å². The van der Waals surface area contributed by atoms with E-state index in [9.17, 15) is 9.50 Å². The first-order chi connectivity index (χ1) is 10.8. The molecular weight excluding hydrogens is 305 g/mol. The van der Waals surface area contributed by atoms with Crippen LogP contribution < -0.4 is 0 Å². The highest BCUT2D eigenvalue weighted by Crippen LogP contribution is 2.34. The molecule has 1 unspecified atom stereocenters. The maximum atomic E-state index is 13.1. The molecule has 0 radical (unpaired) electrons. The Morgan fingerprint density at radius 2 is 2.18 bits per heavy atom. The fraction of sp³-hybridized carbons (Fsp3) is 0.333. The van der Waals surface area contributed by atoms with Crippen LogP contribution in [0.2, 0.25) is 0 Å². The number of hydrogen-bond donors (Lipinski definition) is 1. The van der Waals surface area contributed by atoms with Gasteiger partial charge in [0, 0.05) is 12.2 Å². The lowest BCUT2D eigenvalue weighted by Crippen LogP contribution is -2.00. The van der Waals surface area contributed by atoms with E-state index in [-0.39, 0.29) is 18.5 Å². The summed E-state index contributed by atoms with van der Waals surface area (Å²) in [7, 11) is 0. The van der Waals surface area contributed by atoms with E-state index in [0.29, 0.717) is 16.3 Å². The summed E-state index contributed by atoms with van der Waals surface area (Å²) in [6.45, 7) is 0.586. The number of ether oxygens (including phenoxy) is 1. The van der Waals surface area contributed by atoms with Crippen LogP contribution in [0, 0.1) is 5.82 Å². The number of nitrogens with zero attached hydrogens (tertiary/aromatic N) is 3. The van der Waals surface area contributed by atoms with Crippen molar-refractivity contribution >= 4 is 16.3 Å². The number of fused-ring (bicyclic) bond motifs is 1. The summed E-state index contributed by atoms with van der Waals surface area (Å²) in [4.78, 5) is 5.27. The molecule has 1 aliphatic rings. The van der Waals surface area contributed by atoms with Crippen molar-refractivity contribution in [3.63, 3.8) is 0 Å². The zero-order chi connectivity index (χ0) is 15.1. The zero-order valence-electron chi connectivity index (χ0n) is 11.7. The molecule has 1 atom stereocenters. The monoisotopic (exact) mass is 319 g/mol. The Bertz CT molecular complexity index is 806. The molecule has 4 rings (SSSR count). The number of imidazole rings is 1. The minimum Gasteiger partial charge on any atom is -0.390 e. The van der Waals surface area contributed by atoms with Crippen LogP contribution in [0.5, 0.6) is 0 Å². The Labute approximate surface area is 130 Å². The molecule has 0 amide bonds. The van der Waals surface area contributed by atoms with Crippen molar-refractivity contribution in [1.82, 2.24) is 14.6 Å². The fourth-order valence-corrected chi connectivity index (χ4v) is 3.69. The van der Waals surface area contributed by atoms with Crippen molar-refractivity contribution in [3.05, 3.63) is 40.8 Å². The summed E-state index contributed by atoms with van der Waals surface area (Å²) in [6, 6.07) is 6.08. The largest absolute Gasteiger partial charge is 0.390 e. The smallest absolute Gasteiger partial charge is 0.213 e. The van der Waals surface area contributed by atoms with Crippen LogP contribution in [-0.4, -0.2) is 26.3 Å². The Morgan fingerprint density at radius 1 is 1.36 bits per heavy atom. The molecule has 0 bridgehead atoms. The topological polar surface area (TPSA) is 59.7 Å². The van der Waals surface area contributed by atoms with Gasteiger partial charge in [0.2, 0.25) is 4.96 Å². The molecular formula is C15H14FN3O2S. The van der Waals surface area contributed by atoms with Crippen molar-refractivity contribution in [2.75, 3.05) is 6.61 Å². The number of rotatable bonds is 3. The molecule has 1 saturated heterocycles. The average Bonchev–Trinajstić information content (AvgIpc) is 3.22. The summed E-state index contributed by atoms with van der Waals surface area (Å²) in [6.07, 6.45) is 2.04. The number of aromatic nitrogens is 3. The molecule has 0 aliphatic carbocycles. The maximum Gasteiger partial charge on any atom is 0.213 e. The molecule has 1 aliphatic heterocycles. The number of benzene rings is 1. The minimum absolute atomic E-state index is 0.0347. The van der Waals surface area contributed by atoms with Gasteiger partial charge in [-0.05, 0) is 37.1 Å². The second-order valence-corrected chi connectivity index (χ2v) is 6.20. The first-order valence-corrected chi connectivity index (χ1v) is 7.94. The second kappa shape index (κ2) is 5.42. The van der Waals surface area contributed by atoms with Gasteiger partial charge in [-0.3, -0.25) is 0 Å². The normalized spacial score (nSPS) is 18.4. The van der Waals surface area contributed by atoms with Gasteiger partial charge in [0.15, 0.2) is 0 Å². The van der Waals surface area contributed by atoms with Crippen LogP contribution in [0.25, 0.3) is 16.2 Å². The van der Waals surface area contributed by atoms with E-state index in [2.05, 4.69) is 10.1 Å². The third-order valence-electron chi connectivity index (χ3n) is 3.78. The van der Waals surface area contributed by atoms with Gasteiger partial charge < -0.3 is 9.84 Å². The van der Waals surface area contributed by atoms with Crippen LogP contribution in [0.15, 0.2) is 24.3 Å². The molecule has 3 aromatic rings. The first kappa shape index (κ1) is 13.8. The number of halogens is 1. The first-order valence-electron chi connectivity index (χ1n) is 7.13. The van der Waals surface area contributed by atoms with Crippen molar-refractivity contribution in [3.8, 4) is 11.3 Å². The summed E-state index contributed by atoms with van der Waals surface area (Å²) < 4.78 is 20.4. The van der Waals surface area contributed by atoms with Gasteiger partial charge in [0.25, 0.3) is 0 Å². The lowest BCUT2D eigenvalue weighted by Gasteiger charge is -2.04. The fourth-order valence-electron chi connectivity index (χ4n) is 2.69. The molecule has 2 aromatic heterocycles. The van der Waals surface area contributed by atoms with Crippen LogP contribution in [0.3, 0.4) is 0 Å². The highest BCUT2D eigenvalue weighted by molar-refractivity contribution is 7.16. The Morgan fingerprint density at radius 3 is 2.86 bits per heavy atom. The molecule has 7 heteroatoms. The summed E-state index contributed by atoms with van der Waals surface area (Å²) >= 11 is 1.47. The van der Waals surface area contributed by atoms with Gasteiger partial charge in [-0.2, -0.15) is 5.10 Å². The van der Waals surface area contributed by atoms with Gasteiger partial charge in [-0.1, -0.05) is 11.3 Å². The molecule has 5 nitrogen and oxygen atoms in total. The summed E-state index contributed by atoms with van der Waals surface area (Å²) in [5.74, 6) is -0.297. The minimum atomic E-state index is -0.297. The standard InChI is InChI=1S/C15H14FN3O2S/c16-10-5-3-9(4-6-10)13-11(8-20)19-15(17-13)22-14(18-19)12-2-1-7-21-12/h3-6,12,20H,1-2,7-8H2. The predicted molar refractivity (Wildman–Crippen MR) is 80.1 cm³/mol. The quantitative estimate of drug-likeness (QED) is 0.806. The van der Waals surface area contributed by atoms with Crippen molar-refractivity contribution in [2.24, 2.45) is 0 Å². The van der Waals surface area contributed by atoms with Crippen LogP contribution >= 0.6 is 11.3 Å². The Balaban J connectivity index is 1.79. The van der Waals surface area contributed by atoms with Crippen molar-refractivity contribution in [2.45, 2.75) is 25.6 Å². The van der Waals surface area contributed by atoms with Gasteiger partial charge in [0.1, 0.15) is 16.9 Å². The van der Waals surface area contributed by atoms with Gasteiger partial charge in [0.05, 0.1) is 18.0 Å². The second-order valence-electron chi connectivity index (χ2n) is 5.21. The molecule has 1 aromatic carbocycles. The van der Waals surface area contributed by atoms with E-state index in [0.717, 1.165) is 30.0 Å². The molecule has 22 heavy (non-hydrogen) atoms. The van der Waals surface area contributed by atoms with Gasteiger partial charge in [-0.15, -0.1) is 0 Å². The predicted octanol–water partition coefficient (Wildman–Crippen LogP) is 2.94. The highest BCUT2D eigenvalue weighted by atomic mass is 32.1. The van der Waals surface area contributed by atoms with E-state index in [4.69, 9.17) is 4.74 Å². The third-order valence-corrected chi connectivity index (χ3v) is 4.79. The van der Waals surface area contributed by atoms with E-state index in [1.54, 1.807) is 16.6 Å². The average molecular weight is 319 g/mol. The van der Waals surface area contributed by atoms with Gasteiger partial charge in [-0.25, -0.2) is 13.9 Å². The SMILES string of the molecule is OCc1c(-c2ccc(F)cc2)nc2sc(C3CCCO3)nn12. The lowest BCUT2D eigenvalue weighted by molar-refractivity contribution is 0.111.